The molecule has 3 rings (SSSR count). The van der Waals surface area contributed by atoms with Crippen LogP contribution in [-0.4, -0.2) is 25.7 Å². The van der Waals surface area contributed by atoms with Gasteiger partial charge < -0.3 is 14.2 Å². The van der Waals surface area contributed by atoms with Gasteiger partial charge in [0.2, 0.25) is 0 Å². The number of ether oxygens (including phenoxy) is 3. The minimum Gasteiger partial charge on any atom is -0.486 e. The van der Waals surface area contributed by atoms with E-state index >= 15 is 0 Å². The molecule has 1 saturated heterocycles. The first-order valence-corrected chi connectivity index (χ1v) is 7.39. The Morgan fingerprint density at radius 2 is 2.06 bits per heavy atom. The van der Waals surface area contributed by atoms with E-state index in [0.29, 0.717) is 25.0 Å². The van der Waals surface area contributed by atoms with Crippen LogP contribution in [0.3, 0.4) is 0 Å². The Morgan fingerprint density at radius 3 is 2.89 bits per heavy atom. The number of hydrogen-bond acceptors (Lipinski definition) is 3. The van der Waals surface area contributed by atoms with Crippen molar-refractivity contribution in [3.63, 3.8) is 0 Å². The highest BCUT2D eigenvalue weighted by Crippen LogP contribution is 2.43. The van der Waals surface area contributed by atoms with Crippen molar-refractivity contribution in [1.29, 1.82) is 0 Å². The summed E-state index contributed by atoms with van der Waals surface area (Å²) < 4.78 is 17.9. The van der Waals surface area contributed by atoms with Gasteiger partial charge in [0.1, 0.15) is 13.2 Å². The van der Waals surface area contributed by atoms with Crippen molar-refractivity contribution in [1.82, 2.24) is 0 Å². The molecule has 3 nitrogen and oxygen atoms in total. The van der Waals surface area contributed by atoms with Crippen LogP contribution in [0.4, 0.5) is 0 Å². The zero-order valence-corrected chi connectivity index (χ0v) is 12.2. The monoisotopic (exact) mass is 332 g/mol. The minimum absolute atomic E-state index is 0.0645. The zero-order valence-electron chi connectivity index (χ0n) is 9.83. The molecule has 1 fully saturated rings. The Hall–Kier alpha value is -0.450. The maximum absolute atomic E-state index is 5.99. The zero-order chi connectivity index (χ0) is 12.5. The van der Waals surface area contributed by atoms with Gasteiger partial charge in [-0.15, -0.1) is 11.6 Å². The summed E-state index contributed by atoms with van der Waals surface area (Å²) in [6.07, 6.45) is 1.08. The first-order chi connectivity index (χ1) is 8.79. The van der Waals surface area contributed by atoms with Crippen molar-refractivity contribution >= 4 is 27.5 Å². The van der Waals surface area contributed by atoms with E-state index in [9.17, 15) is 0 Å². The Bertz CT molecular complexity index is 452. The number of alkyl halides is 1. The molecule has 0 aromatic heterocycles. The molecule has 0 aliphatic carbocycles. The molecule has 1 aromatic rings. The van der Waals surface area contributed by atoms with E-state index in [1.54, 1.807) is 0 Å². The molecule has 0 N–H and O–H groups in total. The molecular weight excluding hydrogens is 319 g/mol. The van der Waals surface area contributed by atoms with Crippen LogP contribution in [0.15, 0.2) is 16.6 Å². The molecule has 2 heterocycles. The summed E-state index contributed by atoms with van der Waals surface area (Å²) in [6.45, 7) is 1.96. The molecule has 0 radical (unpaired) electrons. The lowest BCUT2D eigenvalue weighted by Crippen LogP contribution is -2.17. The van der Waals surface area contributed by atoms with E-state index in [1.165, 1.54) is 0 Å². The van der Waals surface area contributed by atoms with E-state index < -0.39 is 0 Å². The summed E-state index contributed by atoms with van der Waals surface area (Å²) in [4.78, 5) is 0. The minimum atomic E-state index is 0.0645. The second-order valence-corrected chi connectivity index (χ2v) is 5.68. The topological polar surface area (TPSA) is 27.7 Å². The normalized spacial score (nSPS) is 26.3. The van der Waals surface area contributed by atoms with Crippen LogP contribution in [0.2, 0.25) is 0 Å². The first kappa shape index (κ1) is 12.6. The Balaban J connectivity index is 1.95. The van der Waals surface area contributed by atoms with Gasteiger partial charge in [-0.05, 0) is 40.0 Å². The molecule has 2 unspecified atom stereocenters. The average Bonchev–Trinajstić information content (AvgIpc) is 2.87. The van der Waals surface area contributed by atoms with Gasteiger partial charge in [0.05, 0.1) is 10.6 Å². The highest BCUT2D eigenvalue weighted by Gasteiger charge is 2.30. The third-order valence-corrected chi connectivity index (χ3v) is 4.35. The Labute approximate surface area is 119 Å². The average molecular weight is 334 g/mol. The molecule has 0 amide bonds. The molecule has 0 saturated carbocycles. The fourth-order valence-electron chi connectivity index (χ4n) is 2.46. The van der Waals surface area contributed by atoms with Crippen molar-refractivity contribution in [2.75, 3.05) is 25.7 Å². The highest BCUT2D eigenvalue weighted by molar-refractivity contribution is 9.10. The third kappa shape index (κ3) is 2.22. The van der Waals surface area contributed by atoms with Crippen molar-refractivity contribution in [2.24, 2.45) is 5.92 Å². The fourth-order valence-corrected chi connectivity index (χ4v) is 3.35. The van der Waals surface area contributed by atoms with Gasteiger partial charge in [-0.2, -0.15) is 0 Å². The molecule has 5 heteroatoms. The van der Waals surface area contributed by atoms with Crippen molar-refractivity contribution in [3.05, 3.63) is 22.2 Å². The van der Waals surface area contributed by atoms with Gasteiger partial charge in [-0.3, -0.25) is 0 Å². The van der Waals surface area contributed by atoms with Gasteiger partial charge in [-0.1, -0.05) is 0 Å². The summed E-state index contributed by atoms with van der Waals surface area (Å²) in [7, 11) is 0. The summed E-state index contributed by atoms with van der Waals surface area (Å²) >= 11 is 9.52. The molecule has 18 heavy (non-hydrogen) atoms. The molecule has 98 valence electrons. The first-order valence-electron chi connectivity index (χ1n) is 6.06. The molecule has 2 atom stereocenters. The molecule has 2 aliphatic rings. The summed E-state index contributed by atoms with van der Waals surface area (Å²) in [5, 5.41) is 0. The van der Waals surface area contributed by atoms with Gasteiger partial charge in [0, 0.05) is 18.4 Å². The van der Waals surface area contributed by atoms with Crippen LogP contribution in [0.1, 0.15) is 18.1 Å². The van der Waals surface area contributed by atoms with Gasteiger partial charge >= 0.3 is 0 Å². The predicted octanol–water partition coefficient (Wildman–Crippen LogP) is 3.54. The maximum atomic E-state index is 5.99. The predicted molar refractivity (Wildman–Crippen MR) is 72.7 cm³/mol. The Kier molecular flexibility index (Phi) is 3.68. The molecule has 1 aromatic carbocycles. The summed E-state index contributed by atoms with van der Waals surface area (Å²) in [5.74, 6) is 2.57. The van der Waals surface area contributed by atoms with Crippen LogP contribution >= 0.6 is 27.5 Å². The summed E-state index contributed by atoms with van der Waals surface area (Å²) in [5.41, 5.74) is 1.11. The lowest BCUT2D eigenvalue weighted by molar-refractivity contribution is 0.0942. The van der Waals surface area contributed by atoms with E-state index in [1.807, 2.05) is 12.1 Å². The molecule has 0 bridgehead atoms. The van der Waals surface area contributed by atoms with Gasteiger partial charge in [0.25, 0.3) is 0 Å². The van der Waals surface area contributed by atoms with Crippen LogP contribution in [0, 0.1) is 5.92 Å². The van der Waals surface area contributed by atoms with E-state index in [-0.39, 0.29) is 6.10 Å². The maximum Gasteiger partial charge on any atom is 0.175 e. The molecule has 2 aliphatic heterocycles. The lowest BCUT2D eigenvalue weighted by atomic mass is 9.97. The van der Waals surface area contributed by atoms with E-state index in [0.717, 1.165) is 34.6 Å². The van der Waals surface area contributed by atoms with Crippen LogP contribution < -0.4 is 9.47 Å². The lowest BCUT2D eigenvalue weighted by Gasteiger charge is -2.23. The molecule has 0 spiro atoms. The SMILES string of the molecule is ClCC1CCOC1c1cc(Br)c2c(c1)OCCO2. The number of fused-ring (bicyclic) bond motifs is 1. The number of benzene rings is 1. The van der Waals surface area contributed by atoms with Crippen LogP contribution in [0.25, 0.3) is 0 Å². The molecular formula is C13H14BrClO3. The van der Waals surface area contributed by atoms with Crippen molar-refractivity contribution in [2.45, 2.75) is 12.5 Å². The van der Waals surface area contributed by atoms with Gasteiger partial charge in [-0.25, -0.2) is 0 Å². The van der Waals surface area contributed by atoms with Crippen LogP contribution in [-0.2, 0) is 4.74 Å². The van der Waals surface area contributed by atoms with E-state index in [2.05, 4.69) is 15.9 Å². The standard InChI is InChI=1S/C13H14BrClO3/c14-10-5-9(12-8(7-15)1-2-17-12)6-11-13(10)18-4-3-16-11/h5-6,8,12H,1-4,7H2. The number of hydrogen-bond donors (Lipinski definition) is 0. The Morgan fingerprint density at radius 1 is 1.22 bits per heavy atom. The highest BCUT2D eigenvalue weighted by atomic mass is 79.9. The van der Waals surface area contributed by atoms with E-state index in [4.69, 9.17) is 25.8 Å². The second-order valence-electron chi connectivity index (χ2n) is 4.52. The summed E-state index contributed by atoms with van der Waals surface area (Å²) in [6, 6.07) is 4.05. The second kappa shape index (κ2) is 5.27. The third-order valence-electron chi connectivity index (χ3n) is 3.36. The number of halogens is 2. The quantitative estimate of drug-likeness (QED) is 0.775. The van der Waals surface area contributed by atoms with Crippen molar-refractivity contribution in [3.8, 4) is 11.5 Å². The fraction of sp³-hybridized carbons (Fsp3) is 0.538. The van der Waals surface area contributed by atoms with Gasteiger partial charge in [0.15, 0.2) is 11.5 Å². The smallest absolute Gasteiger partial charge is 0.175 e. The largest absolute Gasteiger partial charge is 0.486 e. The van der Waals surface area contributed by atoms with Crippen molar-refractivity contribution < 1.29 is 14.2 Å². The number of rotatable bonds is 2. The van der Waals surface area contributed by atoms with Crippen LogP contribution in [0.5, 0.6) is 11.5 Å².